The van der Waals surface area contributed by atoms with E-state index in [9.17, 15) is 19.5 Å². The third-order valence-corrected chi connectivity index (χ3v) is 8.56. The van der Waals surface area contributed by atoms with E-state index < -0.39 is 35.3 Å². The maximum atomic E-state index is 13.8. The minimum Gasteiger partial charge on any atom is -0.494 e. The van der Waals surface area contributed by atoms with Crippen molar-refractivity contribution < 1.29 is 24.2 Å². The highest BCUT2D eigenvalue weighted by molar-refractivity contribution is 7.98. The Morgan fingerprint density at radius 2 is 1.79 bits per heavy atom. The Morgan fingerprint density at radius 1 is 1.05 bits per heavy atom. The lowest BCUT2D eigenvalue weighted by Gasteiger charge is -2.31. The van der Waals surface area contributed by atoms with Crippen molar-refractivity contribution in [2.24, 2.45) is 11.8 Å². The van der Waals surface area contributed by atoms with Crippen LogP contribution in [-0.2, 0) is 20.8 Å². The van der Waals surface area contributed by atoms with Crippen molar-refractivity contribution in [3.8, 4) is 5.75 Å². The molecule has 8 heteroatoms. The second-order valence-electron chi connectivity index (χ2n) is 10.4. The molecule has 3 aromatic rings. The number of thioether (sulfide) groups is 1. The van der Waals surface area contributed by atoms with Crippen LogP contribution in [0.15, 0.2) is 66.7 Å². The summed E-state index contributed by atoms with van der Waals surface area (Å²) in [7, 11) is 0. The van der Waals surface area contributed by atoms with Crippen LogP contribution >= 0.6 is 11.8 Å². The van der Waals surface area contributed by atoms with Crippen molar-refractivity contribution in [1.82, 2.24) is 10.2 Å². The van der Waals surface area contributed by atoms with E-state index in [1.165, 1.54) is 4.90 Å². The molecule has 2 N–H and O–H groups in total. The van der Waals surface area contributed by atoms with E-state index >= 15 is 0 Å². The van der Waals surface area contributed by atoms with Gasteiger partial charge in [-0.3, -0.25) is 24.6 Å². The Bertz CT molecular complexity index is 1380. The molecule has 5 rings (SSSR count). The number of carboxylic acid groups (broad SMARTS) is 1. The molecular formula is C31H34N2O5S. The number of nitrogens with one attached hydrogen (secondary N) is 1. The van der Waals surface area contributed by atoms with Gasteiger partial charge in [0.1, 0.15) is 11.3 Å². The normalized spacial score (nSPS) is 24.4. The van der Waals surface area contributed by atoms with Gasteiger partial charge in [-0.15, -0.1) is 0 Å². The zero-order valence-electron chi connectivity index (χ0n) is 22.3. The van der Waals surface area contributed by atoms with Crippen LogP contribution in [0.4, 0.5) is 0 Å². The molecule has 0 spiro atoms. The highest BCUT2D eigenvalue weighted by Crippen LogP contribution is 2.50. The van der Waals surface area contributed by atoms with Gasteiger partial charge in [0, 0.05) is 19.0 Å². The van der Waals surface area contributed by atoms with Gasteiger partial charge in [-0.1, -0.05) is 61.5 Å². The van der Waals surface area contributed by atoms with E-state index in [-0.39, 0.29) is 12.3 Å². The first-order valence-electron chi connectivity index (χ1n) is 13.5. The summed E-state index contributed by atoms with van der Waals surface area (Å²) in [6.07, 6.45) is 3.62. The number of ether oxygens (including phenoxy) is 1. The molecule has 204 valence electrons. The number of carbonyl (C=O) groups excluding carboxylic acids is 2. The van der Waals surface area contributed by atoms with E-state index in [2.05, 4.69) is 5.32 Å². The highest BCUT2D eigenvalue weighted by Gasteiger charge is 2.68. The number of hydrogen-bond donors (Lipinski definition) is 2. The number of fused-ring (bicyclic) bond motifs is 2. The van der Waals surface area contributed by atoms with Crippen LogP contribution in [0.5, 0.6) is 5.75 Å². The molecule has 0 aliphatic carbocycles. The van der Waals surface area contributed by atoms with Crippen LogP contribution in [0.3, 0.4) is 0 Å². The van der Waals surface area contributed by atoms with Crippen molar-refractivity contribution in [3.63, 3.8) is 0 Å². The maximum absolute atomic E-state index is 13.8. The fourth-order valence-electron chi connectivity index (χ4n) is 6.03. The number of carboxylic acids is 1. The Labute approximate surface area is 232 Å². The van der Waals surface area contributed by atoms with Crippen molar-refractivity contribution in [2.75, 3.05) is 25.2 Å². The zero-order valence-corrected chi connectivity index (χ0v) is 23.1. The third kappa shape index (κ3) is 5.03. The molecule has 2 heterocycles. The number of imide groups is 1. The molecule has 4 unspecified atom stereocenters. The van der Waals surface area contributed by atoms with Crippen LogP contribution in [0, 0.1) is 11.8 Å². The molecule has 7 nitrogen and oxygen atoms in total. The predicted molar refractivity (Wildman–Crippen MR) is 153 cm³/mol. The van der Waals surface area contributed by atoms with Crippen molar-refractivity contribution in [3.05, 3.63) is 77.9 Å². The molecule has 0 radical (unpaired) electrons. The number of aliphatic carboxylic acids is 1. The summed E-state index contributed by atoms with van der Waals surface area (Å²) in [5.74, 6) is -2.10. The molecule has 39 heavy (non-hydrogen) atoms. The van der Waals surface area contributed by atoms with Crippen LogP contribution in [0.2, 0.25) is 0 Å². The van der Waals surface area contributed by atoms with Crippen molar-refractivity contribution in [1.29, 1.82) is 0 Å². The fourth-order valence-corrected chi connectivity index (χ4v) is 6.45. The molecule has 4 atom stereocenters. The number of carbonyl (C=O) groups is 3. The number of hydrogen-bond acceptors (Lipinski definition) is 6. The largest absolute Gasteiger partial charge is 0.494 e. The molecule has 2 aliphatic heterocycles. The lowest BCUT2D eigenvalue weighted by molar-refractivity contribution is -0.151. The summed E-state index contributed by atoms with van der Waals surface area (Å²) >= 11 is 1.65. The maximum Gasteiger partial charge on any atom is 0.325 e. The zero-order chi connectivity index (χ0) is 27.6. The van der Waals surface area contributed by atoms with Crippen LogP contribution in [0.1, 0.15) is 36.9 Å². The number of rotatable bonds is 11. The Hall–Kier alpha value is -3.36. The van der Waals surface area contributed by atoms with Crippen LogP contribution in [-0.4, -0.2) is 58.5 Å². The Morgan fingerprint density at radius 3 is 2.49 bits per heavy atom. The van der Waals surface area contributed by atoms with E-state index in [1.54, 1.807) is 11.8 Å². The SMILES string of the molecule is CCCOc1ccc(C2NC(Cc3ccc4ccccc4c3)(C(=O)O)C3C(=O)N(CCCSC)C(=O)C23)cc1. The highest BCUT2D eigenvalue weighted by atomic mass is 32.2. The van der Waals surface area contributed by atoms with Crippen molar-refractivity contribution in [2.45, 2.75) is 37.8 Å². The molecule has 2 aliphatic rings. The second kappa shape index (κ2) is 11.4. The van der Waals surface area contributed by atoms with Crippen molar-refractivity contribution >= 4 is 40.3 Å². The smallest absolute Gasteiger partial charge is 0.325 e. The molecule has 2 amide bonds. The number of likely N-dealkylation sites (tertiary alicyclic amines) is 1. The quantitative estimate of drug-likeness (QED) is 0.266. The second-order valence-corrected chi connectivity index (χ2v) is 11.3. The standard InChI is InChI=1S/C31H34N2O5S/c1-3-16-38-24-13-11-22(12-14-24)27-25-26(29(35)33(28(25)34)15-6-17-39-2)31(32-27,30(36)37)19-20-9-10-21-7-4-5-8-23(21)18-20/h4-5,7-14,18,25-27,32H,3,6,15-17,19H2,1-2H3,(H,36,37). The van der Waals surface area contributed by atoms with Gasteiger partial charge in [0.05, 0.1) is 18.4 Å². The molecule has 3 aromatic carbocycles. The first-order valence-corrected chi connectivity index (χ1v) is 14.8. The van der Waals surface area contributed by atoms with Gasteiger partial charge in [-0.25, -0.2) is 0 Å². The summed E-state index contributed by atoms with van der Waals surface area (Å²) in [5, 5.41) is 16.1. The van der Waals surface area contributed by atoms with Crippen LogP contribution in [0.25, 0.3) is 10.8 Å². The summed E-state index contributed by atoms with van der Waals surface area (Å²) < 4.78 is 5.72. The Kier molecular flexibility index (Phi) is 7.96. The van der Waals surface area contributed by atoms with Gasteiger partial charge in [-0.2, -0.15) is 11.8 Å². The van der Waals surface area contributed by atoms with Gasteiger partial charge in [0.2, 0.25) is 11.8 Å². The lowest BCUT2D eigenvalue weighted by atomic mass is 9.76. The van der Waals surface area contributed by atoms with E-state index in [4.69, 9.17) is 4.74 Å². The van der Waals surface area contributed by atoms with Gasteiger partial charge in [0.15, 0.2) is 0 Å². The van der Waals surface area contributed by atoms with E-state index in [1.807, 2.05) is 79.9 Å². The minimum atomic E-state index is -1.63. The molecule has 0 saturated carbocycles. The van der Waals surface area contributed by atoms with Gasteiger partial charge >= 0.3 is 5.97 Å². The first kappa shape index (κ1) is 27.2. The topological polar surface area (TPSA) is 95.9 Å². The lowest BCUT2D eigenvalue weighted by Crippen LogP contribution is -2.57. The monoisotopic (exact) mass is 546 g/mol. The molecular weight excluding hydrogens is 512 g/mol. The first-order chi connectivity index (χ1) is 18.9. The predicted octanol–water partition coefficient (Wildman–Crippen LogP) is 4.69. The number of benzene rings is 3. The fraction of sp³-hybridized carbons (Fsp3) is 0.387. The summed E-state index contributed by atoms with van der Waals surface area (Å²) in [5.41, 5.74) is -0.0640. The average Bonchev–Trinajstić information content (AvgIpc) is 3.42. The average molecular weight is 547 g/mol. The molecule has 0 bridgehead atoms. The van der Waals surface area contributed by atoms with Crippen LogP contribution < -0.4 is 10.1 Å². The third-order valence-electron chi connectivity index (χ3n) is 7.87. The minimum absolute atomic E-state index is 0.0835. The van der Waals surface area contributed by atoms with Gasteiger partial charge < -0.3 is 9.84 Å². The summed E-state index contributed by atoms with van der Waals surface area (Å²) in [4.78, 5) is 42.0. The summed E-state index contributed by atoms with van der Waals surface area (Å²) in [6.45, 7) is 2.93. The van der Waals surface area contributed by atoms with Gasteiger partial charge in [0.25, 0.3) is 0 Å². The molecule has 2 saturated heterocycles. The molecule has 2 fully saturated rings. The number of nitrogens with zero attached hydrogens (tertiary/aromatic N) is 1. The van der Waals surface area contributed by atoms with Gasteiger partial charge in [-0.05, 0) is 58.9 Å². The van der Waals surface area contributed by atoms with E-state index in [0.717, 1.165) is 34.1 Å². The van der Waals surface area contributed by atoms with E-state index in [0.29, 0.717) is 25.3 Å². The number of amides is 2. The summed E-state index contributed by atoms with van der Waals surface area (Å²) in [6, 6.07) is 20.5. The molecule has 0 aromatic heterocycles. The Balaban J connectivity index is 1.55.